The molecule has 0 saturated carbocycles. The van der Waals surface area contributed by atoms with Gasteiger partial charge in [0.1, 0.15) is 36.1 Å². The summed E-state index contributed by atoms with van der Waals surface area (Å²) in [6.07, 6.45) is 1.56. The van der Waals surface area contributed by atoms with Crippen molar-refractivity contribution in [1.29, 1.82) is 0 Å². The third-order valence-electron chi connectivity index (χ3n) is 4.01. The molecule has 1 aromatic carbocycles. The highest BCUT2D eigenvalue weighted by Gasteiger charge is 2.43. The van der Waals surface area contributed by atoms with Crippen molar-refractivity contribution in [2.45, 2.75) is 25.3 Å². The summed E-state index contributed by atoms with van der Waals surface area (Å²) in [5.74, 6) is 1.26. The van der Waals surface area contributed by atoms with Crippen LogP contribution < -0.4 is 4.74 Å². The molecule has 6 nitrogen and oxygen atoms in total. The van der Waals surface area contributed by atoms with Crippen molar-refractivity contribution in [1.82, 2.24) is 4.90 Å². The smallest absolute Gasteiger partial charge is 0.329 e. The second-order valence-corrected chi connectivity index (χ2v) is 7.09. The molecule has 138 valence electrons. The van der Waals surface area contributed by atoms with Gasteiger partial charge in [0.2, 0.25) is 5.91 Å². The van der Waals surface area contributed by atoms with Gasteiger partial charge in [0, 0.05) is 12.7 Å². The van der Waals surface area contributed by atoms with Gasteiger partial charge in [-0.05, 0) is 36.8 Å². The quantitative estimate of drug-likeness (QED) is 0.571. The van der Waals surface area contributed by atoms with Crippen LogP contribution in [0.2, 0.25) is 0 Å². The molecule has 7 heteroatoms. The predicted molar refractivity (Wildman–Crippen MR) is 97.8 cm³/mol. The zero-order chi connectivity index (χ0) is 18.5. The summed E-state index contributed by atoms with van der Waals surface area (Å²) in [6.45, 7) is 3.82. The number of hydrogen-bond acceptors (Lipinski definition) is 6. The van der Waals surface area contributed by atoms with Crippen LogP contribution in [0.4, 0.5) is 0 Å². The van der Waals surface area contributed by atoms with Crippen LogP contribution in [0.1, 0.15) is 23.6 Å². The minimum absolute atomic E-state index is 0.130. The van der Waals surface area contributed by atoms with E-state index in [4.69, 9.17) is 13.9 Å². The summed E-state index contributed by atoms with van der Waals surface area (Å²) >= 11 is 1.49. The maximum atomic E-state index is 12.4. The molecule has 1 amide bonds. The maximum Gasteiger partial charge on any atom is 0.329 e. The number of esters is 1. The van der Waals surface area contributed by atoms with Crippen molar-refractivity contribution < 1.29 is 23.5 Å². The van der Waals surface area contributed by atoms with Crippen LogP contribution in [0.5, 0.6) is 5.75 Å². The summed E-state index contributed by atoms with van der Waals surface area (Å²) in [7, 11) is 0. The van der Waals surface area contributed by atoms with E-state index in [1.807, 2.05) is 31.2 Å². The number of thioether (sulfide) groups is 1. The average Bonchev–Trinajstić information content (AvgIpc) is 3.27. The van der Waals surface area contributed by atoms with Gasteiger partial charge in [0.25, 0.3) is 0 Å². The fraction of sp³-hybridized carbons (Fsp3) is 0.368. The zero-order valence-corrected chi connectivity index (χ0v) is 15.5. The Labute approximate surface area is 156 Å². The van der Waals surface area contributed by atoms with Gasteiger partial charge < -0.3 is 18.8 Å². The molecule has 1 aromatic heterocycles. The number of furan rings is 1. The molecule has 0 bridgehead atoms. The highest BCUT2D eigenvalue weighted by Crippen LogP contribution is 2.41. The van der Waals surface area contributed by atoms with Crippen LogP contribution in [0.25, 0.3) is 0 Å². The molecule has 0 aliphatic carbocycles. The Balaban J connectivity index is 1.53. The fourth-order valence-corrected chi connectivity index (χ4v) is 4.24. The molecule has 26 heavy (non-hydrogen) atoms. The number of carbonyl (C=O) groups is 2. The van der Waals surface area contributed by atoms with Crippen molar-refractivity contribution in [2.24, 2.45) is 0 Å². The van der Waals surface area contributed by atoms with E-state index < -0.39 is 12.0 Å². The third-order valence-corrected chi connectivity index (χ3v) is 5.29. The molecule has 2 atom stereocenters. The van der Waals surface area contributed by atoms with E-state index in [1.54, 1.807) is 18.4 Å². The first-order chi connectivity index (χ1) is 12.6. The van der Waals surface area contributed by atoms with Crippen molar-refractivity contribution in [2.75, 3.05) is 19.0 Å². The van der Waals surface area contributed by atoms with Crippen LogP contribution in [-0.2, 0) is 14.3 Å². The van der Waals surface area contributed by atoms with Gasteiger partial charge in [-0.2, -0.15) is 0 Å². The van der Waals surface area contributed by atoms with Gasteiger partial charge in [-0.1, -0.05) is 12.1 Å². The molecule has 0 N–H and O–H groups in total. The summed E-state index contributed by atoms with van der Waals surface area (Å²) in [5.41, 5.74) is 1.10. The zero-order valence-electron chi connectivity index (χ0n) is 14.7. The Morgan fingerprint density at radius 3 is 2.81 bits per heavy atom. The first-order valence-electron chi connectivity index (χ1n) is 8.36. The maximum absolute atomic E-state index is 12.4. The van der Waals surface area contributed by atoms with Gasteiger partial charge in [-0.3, -0.25) is 4.79 Å². The van der Waals surface area contributed by atoms with E-state index in [9.17, 15) is 9.59 Å². The third kappa shape index (κ3) is 4.22. The lowest BCUT2D eigenvalue weighted by Crippen LogP contribution is -2.43. The lowest BCUT2D eigenvalue weighted by Gasteiger charge is -2.25. The number of amides is 1. The second kappa shape index (κ2) is 8.31. The molecule has 1 saturated heterocycles. The fourth-order valence-electron chi connectivity index (χ4n) is 2.83. The number of aryl methyl sites for hydroxylation is 1. The van der Waals surface area contributed by atoms with Crippen molar-refractivity contribution in [3.05, 3.63) is 54.0 Å². The molecule has 2 aromatic rings. The number of benzene rings is 1. The largest absolute Gasteiger partial charge is 0.490 e. The highest BCUT2D eigenvalue weighted by atomic mass is 32.2. The lowest BCUT2D eigenvalue weighted by atomic mass is 10.2. The van der Waals surface area contributed by atoms with Gasteiger partial charge >= 0.3 is 5.97 Å². The van der Waals surface area contributed by atoms with Crippen LogP contribution in [0.3, 0.4) is 0 Å². The van der Waals surface area contributed by atoms with Gasteiger partial charge in [0.15, 0.2) is 0 Å². The molecule has 2 heterocycles. The predicted octanol–water partition coefficient (Wildman–Crippen LogP) is 3.17. The number of rotatable bonds is 6. The van der Waals surface area contributed by atoms with Crippen LogP contribution >= 0.6 is 11.8 Å². The molecule has 1 aliphatic heterocycles. The molecule has 1 fully saturated rings. The Kier molecular flexibility index (Phi) is 5.88. The normalized spacial score (nSPS) is 19.4. The van der Waals surface area contributed by atoms with Crippen molar-refractivity contribution in [3.63, 3.8) is 0 Å². The van der Waals surface area contributed by atoms with E-state index in [-0.39, 0.29) is 24.5 Å². The van der Waals surface area contributed by atoms with Crippen molar-refractivity contribution >= 4 is 23.6 Å². The minimum Gasteiger partial charge on any atom is -0.490 e. The van der Waals surface area contributed by atoms with E-state index in [1.165, 1.54) is 23.6 Å². The van der Waals surface area contributed by atoms with Gasteiger partial charge in [0.05, 0.1) is 6.26 Å². The number of ether oxygens (including phenoxy) is 2. The molecule has 3 rings (SSSR count). The van der Waals surface area contributed by atoms with Crippen LogP contribution in [0.15, 0.2) is 47.1 Å². The van der Waals surface area contributed by atoms with E-state index in [2.05, 4.69) is 0 Å². The van der Waals surface area contributed by atoms with E-state index >= 15 is 0 Å². The van der Waals surface area contributed by atoms with Gasteiger partial charge in [-0.25, -0.2) is 4.79 Å². The summed E-state index contributed by atoms with van der Waals surface area (Å²) in [4.78, 5) is 26.0. The first-order valence-corrected chi connectivity index (χ1v) is 9.41. The SMILES string of the molecule is CC(=O)N1[C@H](C(=O)OCCOc2cccc(C)c2)CS[C@H]1c1ccco1. The van der Waals surface area contributed by atoms with Crippen molar-refractivity contribution in [3.8, 4) is 5.75 Å². The van der Waals surface area contributed by atoms with E-state index in [0.717, 1.165) is 11.3 Å². The second-order valence-electron chi connectivity index (χ2n) is 5.98. The van der Waals surface area contributed by atoms with Crippen LogP contribution in [-0.4, -0.2) is 41.8 Å². The van der Waals surface area contributed by atoms with Crippen LogP contribution in [0, 0.1) is 6.92 Å². The van der Waals surface area contributed by atoms with Gasteiger partial charge in [-0.15, -0.1) is 11.8 Å². The highest BCUT2D eigenvalue weighted by molar-refractivity contribution is 7.99. The molecular weight excluding hydrogens is 354 g/mol. The topological polar surface area (TPSA) is 69.0 Å². The Bertz CT molecular complexity index is 761. The Morgan fingerprint density at radius 1 is 1.27 bits per heavy atom. The average molecular weight is 375 g/mol. The number of carbonyl (C=O) groups excluding carboxylic acids is 2. The molecule has 1 aliphatic rings. The summed E-state index contributed by atoms with van der Waals surface area (Å²) in [5, 5.41) is -0.302. The molecular formula is C19H21NO5S. The monoisotopic (exact) mass is 375 g/mol. The first kappa shape index (κ1) is 18.4. The Hall–Kier alpha value is -2.41. The minimum atomic E-state index is -0.619. The number of nitrogens with zero attached hydrogens (tertiary/aromatic N) is 1. The summed E-state index contributed by atoms with van der Waals surface area (Å²) < 4.78 is 16.3. The molecule has 0 radical (unpaired) electrons. The standard InChI is InChI=1S/C19H21NO5S/c1-13-5-3-6-15(11-13)23-9-10-25-19(22)16-12-26-18(20(16)14(2)21)17-7-4-8-24-17/h3-8,11,16,18H,9-10,12H2,1-2H3/t16-,18-/m0/s1. The lowest BCUT2D eigenvalue weighted by molar-refractivity contribution is -0.154. The summed E-state index contributed by atoms with van der Waals surface area (Å²) in [6, 6.07) is 10.6. The van der Waals surface area contributed by atoms with E-state index in [0.29, 0.717) is 11.5 Å². The number of hydrogen-bond donors (Lipinski definition) is 0. The Morgan fingerprint density at radius 2 is 2.12 bits per heavy atom. The molecule has 0 unspecified atom stereocenters. The molecule has 0 spiro atoms.